The summed E-state index contributed by atoms with van der Waals surface area (Å²) < 4.78 is 5.38. The van der Waals surface area contributed by atoms with E-state index in [9.17, 15) is 15.8 Å². The van der Waals surface area contributed by atoms with Crippen LogP contribution in [0.3, 0.4) is 0 Å². The van der Waals surface area contributed by atoms with E-state index in [1.165, 1.54) is 0 Å². The Morgan fingerprint density at radius 2 is 1.96 bits per heavy atom. The van der Waals surface area contributed by atoms with Crippen LogP contribution in [-0.4, -0.2) is 31.1 Å². The van der Waals surface area contributed by atoms with Crippen LogP contribution >= 0.6 is 0 Å². The van der Waals surface area contributed by atoms with Crippen LogP contribution in [0.5, 0.6) is 5.75 Å². The minimum atomic E-state index is -1.60. The third kappa shape index (κ3) is 2.21. The fourth-order valence-electron chi connectivity index (χ4n) is 5.30. The molecule has 0 amide bonds. The van der Waals surface area contributed by atoms with Gasteiger partial charge in [0.25, 0.3) is 0 Å². The number of ether oxygens (including phenoxy) is 1. The number of hydrogen-bond donors (Lipinski definition) is 1. The smallest absolute Gasteiger partial charge is 0.191 e. The molecular weight excluding hydrogens is 350 g/mol. The highest BCUT2D eigenvalue weighted by molar-refractivity contribution is 5.60. The molecule has 1 aromatic rings. The molecule has 0 aromatic heterocycles. The number of nitrogens with zero attached hydrogens (tertiary/aromatic N) is 4. The molecule has 1 saturated heterocycles. The molecule has 2 aliphatic heterocycles. The lowest BCUT2D eigenvalue weighted by Crippen LogP contribution is -2.51. The van der Waals surface area contributed by atoms with Crippen molar-refractivity contribution in [2.24, 2.45) is 17.1 Å². The molecule has 0 spiro atoms. The van der Waals surface area contributed by atoms with E-state index in [1.54, 1.807) is 7.11 Å². The monoisotopic (exact) mass is 371 g/mol. The summed E-state index contributed by atoms with van der Waals surface area (Å²) in [4.78, 5) is 2.30. The van der Waals surface area contributed by atoms with Crippen molar-refractivity contribution >= 4 is 0 Å². The van der Waals surface area contributed by atoms with Gasteiger partial charge in [-0.3, -0.25) is 4.90 Å². The van der Waals surface area contributed by atoms with Crippen molar-refractivity contribution < 1.29 is 4.74 Å². The van der Waals surface area contributed by atoms with Gasteiger partial charge in [0.05, 0.1) is 30.5 Å². The van der Waals surface area contributed by atoms with Crippen LogP contribution in [0, 0.1) is 45.3 Å². The summed E-state index contributed by atoms with van der Waals surface area (Å²) in [5, 5.41) is 30.1. The fraction of sp³-hybridized carbons (Fsp3) is 0.409. The molecule has 2 N–H and O–H groups in total. The lowest BCUT2D eigenvalue weighted by atomic mass is 9.56. The minimum Gasteiger partial charge on any atom is -0.497 e. The van der Waals surface area contributed by atoms with Gasteiger partial charge in [0.2, 0.25) is 0 Å². The number of likely N-dealkylation sites (N-methyl/N-ethyl adjacent to an activating group) is 1. The van der Waals surface area contributed by atoms with E-state index >= 15 is 0 Å². The van der Waals surface area contributed by atoms with Crippen molar-refractivity contribution in [2.75, 3.05) is 14.2 Å². The van der Waals surface area contributed by atoms with E-state index in [-0.39, 0.29) is 23.7 Å². The van der Waals surface area contributed by atoms with Crippen molar-refractivity contribution in [2.45, 2.75) is 30.8 Å². The molecule has 1 unspecified atom stereocenters. The third-order valence-corrected chi connectivity index (χ3v) is 6.68. The molecule has 1 fully saturated rings. The molecular formula is C22H21N5O. The zero-order valence-corrected chi connectivity index (χ0v) is 15.9. The van der Waals surface area contributed by atoms with Gasteiger partial charge in [-0.1, -0.05) is 18.2 Å². The zero-order chi connectivity index (χ0) is 20.1. The SMILES string of the molecule is COc1cccc([C@@H]2[C@H]3C(=CC4CC[C@H]3N4C)C(C#N)=C(N)C2(C#N)C#N)c1. The summed E-state index contributed by atoms with van der Waals surface area (Å²) in [7, 11) is 3.66. The number of methoxy groups -OCH3 is 1. The summed E-state index contributed by atoms with van der Waals surface area (Å²) in [5.74, 6) is 0.0273. The second kappa shape index (κ2) is 6.41. The topological polar surface area (TPSA) is 110 Å². The van der Waals surface area contributed by atoms with Crippen LogP contribution in [0.4, 0.5) is 0 Å². The first-order valence-corrected chi connectivity index (χ1v) is 9.33. The number of hydrogen-bond acceptors (Lipinski definition) is 6. The molecule has 6 heteroatoms. The van der Waals surface area contributed by atoms with E-state index in [4.69, 9.17) is 10.5 Å². The number of nitriles is 3. The Hall–Kier alpha value is -3.27. The Kier molecular flexibility index (Phi) is 4.15. The van der Waals surface area contributed by atoms with Crippen molar-refractivity contribution in [1.29, 1.82) is 15.8 Å². The second-order valence-corrected chi connectivity index (χ2v) is 7.71. The van der Waals surface area contributed by atoms with Crippen LogP contribution in [0.2, 0.25) is 0 Å². The maximum atomic E-state index is 10.1. The van der Waals surface area contributed by atoms with Gasteiger partial charge < -0.3 is 10.5 Å². The summed E-state index contributed by atoms with van der Waals surface area (Å²) in [6.07, 6.45) is 4.07. The van der Waals surface area contributed by atoms with Gasteiger partial charge in [0.15, 0.2) is 5.41 Å². The number of fused-ring (bicyclic) bond motifs is 4. The zero-order valence-electron chi connectivity index (χ0n) is 15.9. The van der Waals surface area contributed by atoms with Crippen LogP contribution < -0.4 is 10.5 Å². The minimum absolute atomic E-state index is 0.0688. The van der Waals surface area contributed by atoms with E-state index in [0.717, 1.165) is 24.0 Å². The Bertz CT molecular complexity index is 1000. The van der Waals surface area contributed by atoms with Crippen molar-refractivity contribution in [1.82, 2.24) is 4.90 Å². The lowest BCUT2D eigenvalue weighted by Gasteiger charge is -2.48. The molecule has 1 aromatic carbocycles. The predicted octanol–water partition coefficient (Wildman–Crippen LogP) is 2.58. The molecule has 0 radical (unpaired) electrons. The summed E-state index contributed by atoms with van der Waals surface area (Å²) >= 11 is 0. The quantitative estimate of drug-likeness (QED) is 0.855. The van der Waals surface area contributed by atoms with Gasteiger partial charge in [-0.25, -0.2) is 0 Å². The number of nitrogens with two attached hydrogens (primary N) is 1. The molecule has 2 bridgehead atoms. The van der Waals surface area contributed by atoms with Gasteiger partial charge in [0, 0.05) is 23.9 Å². The number of rotatable bonds is 2. The molecule has 1 aliphatic carbocycles. The maximum Gasteiger partial charge on any atom is 0.191 e. The average molecular weight is 371 g/mol. The predicted molar refractivity (Wildman–Crippen MR) is 102 cm³/mol. The van der Waals surface area contributed by atoms with Crippen LogP contribution in [0.25, 0.3) is 0 Å². The van der Waals surface area contributed by atoms with Crippen molar-refractivity contribution in [3.8, 4) is 24.0 Å². The van der Waals surface area contributed by atoms with Crippen LogP contribution in [0.1, 0.15) is 24.3 Å². The van der Waals surface area contributed by atoms with E-state index in [2.05, 4.69) is 36.2 Å². The molecule has 4 rings (SSSR count). The summed E-state index contributed by atoms with van der Waals surface area (Å²) in [6.45, 7) is 0. The largest absolute Gasteiger partial charge is 0.497 e. The van der Waals surface area contributed by atoms with Gasteiger partial charge in [-0.15, -0.1) is 0 Å². The van der Waals surface area contributed by atoms with E-state index < -0.39 is 11.3 Å². The van der Waals surface area contributed by atoms with Crippen molar-refractivity contribution in [3.63, 3.8) is 0 Å². The fourth-order valence-corrected chi connectivity index (χ4v) is 5.30. The lowest BCUT2D eigenvalue weighted by molar-refractivity contribution is 0.160. The molecule has 28 heavy (non-hydrogen) atoms. The summed E-state index contributed by atoms with van der Waals surface area (Å²) in [6, 6.07) is 14.5. The standard InChI is InChI=1S/C22H21N5O/c1-27-14-6-7-18(27)19-16(9-14)17(10-23)21(26)22(11-24,12-25)20(19)13-4-3-5-15(8-13)28-2/h3-5,8-9,14,18-20H,6-7,26H2,1-2H3/t14?,18-,19+,20-/m1/s1. The molecule has 4 atom stereocenters. The maximum absolute atomic E-state index is 10.1. The van der Waals surface area contributed by atoms with Gasteiger partial charge in [-0.05, 0) is 43.2 Å². The Labute approximate surface area is 164 Å². The van der Waals surface area contributed by atoms with Crippen LogP contribution in [-0.2, 0) is 0 Å². The number of benzene rings is 1. The third-order valence-electron chi connectivity index (χ3n) is 6.68. The van der Waals surface area contributed by atoms with Gasteiger partial charge >= 0.3 is 0 Å². The van der Waals surface area contributed by atoms with Crippen molar-refractivity contribution in [3.05, 3.63) is 52.7 Å². The molecule has 2 heterocycles. The van der Waals surface area contributed by atoms with Gasteiger partial charge in [-0.2, -0.15) is 15.8 Å². The highest BCUT2D eigenvalue weighted by Crippen LogP contribution is 2.58. The van der Waals surface area contributed by atoms with Crippen LogP contribution in [0.15, 0.2) is 47.2 Å². The Balaban J connectivity index is 2.04. The van der Waals surface area contributed by atoms with Gasteiger partial charge in [0.1, 0.15) is 11.8 Å². The van der Waals surface area contributed by atoms with E-state index in [1.807, 2.05) is 24.3 Å². The molecule has 6 nitrogen and oxygen atoms in total. The average Bonchev–Trinajstić information content (AvgIpc) is 2.96. The molecule has 3 aliphatic rings. The summed E-state index contributed by atoms with van der Waals surface area (Å²) in [5.41, 5.74) is 6.86. The Morgan fingerprint density at radius 3 is 2.61 bits per heavy atom. The highest BCUT2D eigenvalue weighted by Gasteiger charge is 2.58. The first kappa shape index (κ1) is 18.1. The van der Waals surface area contributed by atoms with E-state index in [0.29, 0.717) is 11.3 Å². The first-order valence-electron chi connectivity index (χ1n) is 9.33. The number of allylic oxidation sites excluding steroid dienone is 2. The Morgan fingerprint density at radius 1 is 1.21 bits per heavy atom. The first-order chi connectivity index (χ1) is 13.5. The molecule has 140 valence electrons. The second-order valence-electron chi connectivity index (χ2n) is 7.71. The normalized spacial score (nSPS) is 30.5. The highest BCUT2D eigenvalue weighted by atomic mass is 16.5. The molecule has 0 saturated carbocycles.